The lowest BCUT2D eigenvalue weighted by atomic mass is 10.00. The van der Waals surface area contributed by atoms with Crippen LogP contribution < -0.4 is 10.7 Å². The first-order valence-corrected chi connectivity index (χ1v) is 8.99. The molecule has 1 aromatic heterocycles. The third-order valence-corrected chi connectivity index (χ3v) is 4.74. The summed E-state index contributed by atoms with van der Waals surface area (Å²) >= 11 is 0. The van der Waals surface area contributed by atoms with Crippen molar-refractivity contribution >= 4 is 16.8 Å². The summed E-state index contributed by atoms with van der Waals surface area (Å²) in [6.07, 6.45) is 3.80. The molecule has 2 aromatic rings. The fraction of sp³-hybridized carbons (Fsp3) is 0.526. The molecular formula is C19H26N4O2. The summed E-state index contributed by atoms with van der Waals surface area (Å²) in [5, 5.41) is 7.75. The van der Waals surface area contributed by atoms with Crippen molar-refractivity contribution in [2.24, 2.45) is 5.92 Å². The molecule has 0 radical (unpaired) electrons. The second-order valence-corrected chi connectivity index (χ2v) is 7.16. The Morgan fingerprint density at radius 3 is 3.00 bits per heavy atom. The topological polar surface area (TPSA) is 67.2 Å². The van der Waals surface area contributed by atoms with Crippen LogP contribution in [0.1, 0.15) is 26.7 Å². The number of piperidine rings is 1. The molecule has 0 saturated carbocycles. The number of rotatable bonds is 5. The fourth-order valence-electron chi connectivity index (χ4n) is 3.63. The maximum Gasteiger partial charge on any atom is 0.242 e. The van der Waals surface area contributed by atoms with Gasteiger partial charge in [-0.25, -0.2) is 0 Å². The molecule has 1 fully saturated rings. The number of nitrogens with one attached hydrogen (secondary N) is 1. The number of nitrogens with zero attached hydrogens (tertiary/aromatic N) is 3. The van der Waals surface area contributed by atoms with E-state index in [4.69, 9.17) is 0 Å². The van der Waals surface area contributed by atoms with E-state index in [1.165, 1.54) is 19.0 Å². The van der Waals surface area contributed by atoms with Crippen molar-refractivity contribution < 1.29 is 4.79 Å². The van der Waals surface area contributed by atoms with Gasteiger partial charge in [0.2, 0.25) is 11.3 Å². The zero-order valence-electron chi connectivity index (χ0n) is 14.9. The Balaban J connectivity index is 1.61. The smallest absolute Gasteiger partial charge is 0.242 e. The number of benzene rings is 1. The van der Waals surface area contributed by atoms with Gasteiger partial charge in [0.25, 0.3) is 0 Å². The van der Waals surface area contributed by atoms with E-state index in [9.17, 15) is 9.59 Å². The average Bonchev–Trinajstić information content (AvgIpc) is 2.57. The van der Waals surface area contributed by atoms with Gasteiger partial charge in [0.05, 0.1) is 11.7 Å². The molecule has 2 heterocycles. The molecule has 1 aromatic carbocycles. The van der Waals surface area contributed by atoms with Crippen LogP contribution in [-0.4, -0.2) is 46.3 Å². The molecule has 134 valence electrons. The number of amides is 1. The molecule has 0 aliphatic carbocycles. The molecule has 1 aliphatic rings. The highest BCUT2D eigenvalue weighted by atomic mass is 16.2. The van der Waals surface area contributed by atoms with Crippen molar-refractivity contribution in [3.8, 4) is 0 Å². The largest absolute Gasteiger partial charge is 0.351 e. The third kappa shape index (κ3) is 4.45. The van der Waals surface area contributed by atoms with Crippen molar-refractivity contribution in [1.29, 1.82) is 0 Å². The second-order valence-electron chi connectivity index (χ2n) is 7.16. The van der Waals surface area contributed by atoms with Crippen molar-refractivity contribution in [2.75, 3.05) is 19.6 Å². The highest BCUT2D eigenvalue weighted by molar-refractivity contribution is 5.81. The number of carbonyl (C=O) groups is 1. The Hall–Kier alpha value is -2.21. The second kappa shape index (κ2) is 7.78. The predicted molar refractivity (Wildman–Crippen MR) is 98.4 cm³/mol. The Morgan fingerprint density at radius 2 is 2.20 bits per heavy atom. The van der Waals surface area contributed by atoms with Gasteiger partial charge in [-0.05, 0) is 44.4 Å². The fourth-order valence-corrected chi connectivity index (χ4v) is 3.63. The standard InChI is InChI=1S/C19H26N4O2/c1-14-6-5-9-22(11-14)12-15(2)21-19(25)13-23-17-8-4-3-7-16(17)18(24)10-20-23/h3-4,7-8,10,14-15H,5-6,9,11-13H2,1-2H3,(H,21,25)/t14-,15+/m1/s1. The van der Waals surface area contributed by atoms with Crippen molar-refractivity contribution in [3.63, 3.8) is 0 Å². The maximum absolute atomic E-state index is 12.4. The minimum atomic E-state index is -0.125. The summed E-state index contributed by atoms with van der Waals surface area (Å²) in [6, 6.07) is 7.32. The molecule has 3 rings (SSSR count). The zero-order valence-corrected chi connectivity index (χ0v) is 14.9. The average molecular weight is 342 g/mol. The van der Waals surface area contributed by atoms with Gasteiger partial charge in [0, 0.05) is 24.5 Å². The van der Waals surface area contributed by atoms with Gasteiger partial charge in [-0.15, -0.1) is 0 Å². The summed E-state index contributed by atoms with van der Waals surface area (Å²) in [5.41, 5.74) is 0.558. The quantitative estimate of drug-likeness (QED) is 0.897. The molecule has 6 heteroatoms. The minimum absolute atomic E-state index is 0.0844. The Labute approximate surface area is 147 Å². The number of fused-ring (bicyclic) bond motifs is 1. The van der Waals surface area contributed by atoms with Gasteiger partial charge < -0.3 is 10.2 Å². The SMILES string of the molecule is C[C@@H]1CCCN(C[C@H](C)NC(=O)Cn2ncc(=O)c3ccccc32)C1. The first kappa shape index (κ1) is 17.6. The zero-order chi connectivity index (χ0) is 17.8. The molecule has 1 N–H and O–H groups in total. The normalized spacial score (nSPS) is 19.7. The van der Waals surface area contributed by atoms with E-state index in [2.05, 4.69) is 22.2 Å². The van der Waals surface area contributed by atoms with Crippen molar-refractivity contribution in [3.05, 3.63) is 40.7 Å². The highest BCUT2D eigenvalue weighted by Crippen LogP contribution is 2.15. The van der Waals surface area contributed by atoms with Crippen LogP contribution in [0.3, 0.4) is 0 Å². The summed E-state index contributed by atoms with van der Waals surface area (Å²) in [4.78, 5) is 26.7. The molecule has 0 bridgehead atoms. The molecule has 1 saturated heterocycles. The van der Waals surface area contributed by atoms with Crippen molar-refractivity contribution in [2.45, 2.75) is 39.3 Å². The lowest BCUT2D eigenvalue weighted by Gasteiger charge is -2.32. The van der Waals surface area contributed by atoms with Crippen LogP contribution in [0.4, 0.5) is 0 Å². The first-order chi connectivity index (χ1) is 12.0. The molecule has 6 nitrogen and oxygen atoms in total. The molecular weight excluding hydrogens is 316 g/mol. The molecule has 1 aliphatic heterocycles. The number of para-hydroxylation sites is 1. The number of carbonyl (C=O) groups excluding carboxylic acids is 1. The monoisotopic (exact) mass is 342 g/mol. The highest BCUT2D eigenvalue weighted by Gasteiger charge is 2.19. The van der Waals surface area contributed by atoms with E-state index in [1.807, 2.05) is 25.1 Å². The van der Waals surface area contributed by atoms with Crippen LogP contribution in [0, 0.1) is 5.92 Å². The number of aromatic nitrogens is 2. The van der Waals surface area contributed by atoms with Crippen LogP contribution in [0.2, 0.25) is 0 Å². The third-order valence-electron chi connectivity index (χ3n) is 4.74. The van der Waals surface area contributed by atoms with E-state index < -0.39 is 0 Å². The van der Waals surface area contributed by atoms with E-state index in [0.717, 1.165) is 25.6 Å². The van der Waals surface area contributed by atoms with Crippen molar-refractivity contribution in [1.82, 2.24) is 20.0 Å². The van der Waals surface area contributed by atoms with Gasteiger partial charge in [0.1, 0.15) is 6.54 Å². The first-order valence-electron chi connectivity index (χ1n) is 8.99. The van der Waals surface area contributed by atoms with E-state index >= 15 is 0 Å². The molecule has 0 spiro atoms. The summed E-state index contributed by atoms with van der Waals surface area (Å²) in [5.74, 6) is 0.646. The van der Waals surface area contributed by atoms with E-state index in [-0.39, 0.29) is 23.9 Å². The lowest BCUT2D eigenvalue weighted by molar-refractivity contribution is -0.122. The number of likely N-dealkylation sites (tertiary alicyclic amines) is 1. The van der Waals surface area contributed by atoms with Gasteiger partial charge >= 0.3 is 0 Å². The van der Waals surface area contributed by atoms with Crippen LogP contribution in [0.25, 0.3) is 10.9 Å². The lowest BCUT2D eigenvalue weighted by Crippen LogP contribution is -2.46. The Bertz CT molecular complexity index is 801. The van der Waals surface area contributed by atoms with Crippen LogP contribution in [-0.2, 0) is 11.3 Å². The Morgan fingerprint density at radius 1 is 1.40 bits per heavy atom. The van der Waals surface area contributed by atoms with Gasteiger partial charge in [-0.2, -0.15) is 5.10 Å². The molecule has 0 unspecified atom stereocenters. The molecule has 1 amide bonds. The van der Waals surface area contributed by atoms with Gasteiger partial charge in [-0.3, -0.25) is 14.3 Å². The van der Waals surface area contributed by atoms with E-state index in [1.54, 1.807) is 10.7 Å². The number of hydrogen-bond donors (Lipinski definition) is 1. The maximum atomic E-state index is 12.4. The van der Waals surface area contributed by atoms with Gasteiger partial charge in [-0.1, -0.05) is 19.1 Å². The number of hydrogen-bond acceptors (Lipinski definition) is 4. The molecule has 2 atom stereocenters. The summed E-state index contributed by atoms with van der Waals surface area (Å²) < 4.78 is 1.59. The van der Waals surface area contributed by atoms with Crippen LogP contribution >= 0.6 is 0 Å². The van der Waals surface area contributed by atoms with Crippen LogP contribution in [0.15, 0.2) is 35.3 Å². The predicted octanol–water partition coefficient (Wildman–Crippen LogP) is 1.63. The summed E-state index contributed by atoms with van der Waals surface area (Å²) in [6.45, 7) is 7.51. The van der Waals surface area contributed by atoms with Crippen LogP contribution in [0.5, 0.6) is 0 Å². The molecule has 25 heavy (non-hydrogen) atoms. The van der Waals surface area contributed by atoms with Gasteiger partial charge in [0.15, 0.2) is 0 Å². The minimum Gasteiger partial charge on any atom is -0.351 e. The van der Waals surface area contributed by atoms with E-state index in [0.29, 0.717) is 10.9 Å². The Kier molecular flexibility index (Phi) is 5.48. The summed E-state index contributed by atoms with van der Waals surface area (Å²) in [7, 11) is 0.